The van der Waals surface area contributed by atoms with Gasteiger partial charge in [-0.2, -0.15) is 0 Å². The lowest BCUT2D eigenvalue weighted by molar-refractivity contribution is 0.123. The van der Waals surface area contributed by atoms with E-state index in [0.717, 1.165) is 32.1 Å². The maximum Gasteiger partial charge on any atom is 0.0675 e. The molecule has 0 N–H and O–H groups in total. The van der Waals surface area contributed by atoms with Gasteiger partial charge in [0.2, 0.25) is 0 Å². The van der Waals surface area contributed by atoms with Gasteiger partial charge in [-0.25, -0.2) is 0 Å². The highest BCUT2D eigenvalue weighted by Crippen LogP contribution is 2.15. The Labute approximate surface area is 198 Å². The molecule has 1 heterocycles. The number of halogens is 1. The zero-order chi connectivity index (χ0) is 19.3. The molecule has 0 unspecified atom stereocenters. The van der Waals surface area contributed by atoms with Gasteiger partial charge in [0.1, 0.15) is 0 Å². The number of nitrogens with zero attached hydrogens (tertiary/aromatic N) is 1. The van der Waals surface area contributed by atoms with Crippen LogP contribution in [0.25, 0.3) is 0 Å². The standard InChI is InChI=1S/C24H47NOS.HI/c1-2-3-4-5-6-7-8-9-10-11-12-13-14-15-16-17-21-26-22-18-19-25-20-23-27-24-25;/h20,23H,2-19,21-22,24H2,1H3;1H. The van der Waals surface area contributed by atoms with E-state index in [1.807, 2.05) is 11.8 Å². The van der Waals surface area contributed by atoms with Crippen molar-refractivity contribution in [3.63, 3.8) is 0 Å². The first-order chi connectivity index (χ1) is 13.4. The second-order valence-corrected chi connectivity index (χ2v) is 9.03. The van der Waals surface area contributed by atoms with Crippen molar-refractivity contribution in [1.82, 2.24) is 4.90 Å². The Kier molecular flexibility index (Phi) is 24.3. The van der Waals surface area contributed by atoms with Crippen LogP contribution in [0.15, 0.2) is 11.6 Å². The van der Waals surface area contributed by atoms with Gasteiger partial charge in [-0.05, 0) is 18.2 Å². The molecule has 0 aromatic heterocycles. The summed E-state index contributed by atoms with van der Waals surface area (Å²) >= 11 is 1.88. The molecule has 0 spiro atoms. The van der Waals surface area contributed by atoms with E-state index < -0.39 is 0 Å². The first-order valence-electron chi connectivity index (χ1n) is 12.0. The van der Waals surface area contributed by atoms with Crippen LogP contribution in [0, 0.1) is 0 Å². The van der Waals surface area contributed by atoms with Crippen LogP contribution in [-0.4, -0.2) is 30.5 Å². The summed E-state index contributed by atoms with van der Waals surface area (Å²) in [6, 6.07) is 0. The molecule has 28 heavy (non-hydrogen) atoms. The molecule has 0 amide bonds. The Morgan fingerprint density at radius 3 is 1.61 bits per heavy atom. The molecule has 1 rings (SSSR count). The molecule has 0 atom stereocenters. The van der Waals surface area contributed by atoms with Crippen molar-refractivity contribution in [3.05, 3.63) is 11.6 Å². The van der Waals surface area contributed by atoms with Crippen LogP contribution >= 0.6 is 35.7 Å². The van der Waals surface area contributed by atoms with Crippen LogP contribution in [0.3, 0.4) is 0 Å². The molecular weight excluding hydrogens is 477 g/mol. The monoisotopic (exact) mass is 525 g/mol. The van der Waals surface area contributed by atoms with Crippen LogP contribution < -0.4 is 0 Å². The smallest absolute Gasteiger partial charge is 0.0675 e. The van der Waals surface area contributed by atoms with Gasteiger partial charge in [-0.1, -0.05) is 103 Å². The summed E-state index contributed by atoms with van der Waals surface area (Å²) in [6.07, 6.45) is 26.2. The Morgan fingerprint density at radius 2 is 1.14 bits per heavy atom. The number of hydrogen-bond acceptors (Lipinski definition) is 3. The molecule has 0 fully saturated rings. The van der Waals surface area contributed by atoms with E-state index in [0.29, 0.717) is 0 Å². The number of thioether (sulfide) groups is 1. The van der Waals surface area contributed by atoms with Gasteiger partial charge >= 0.3 is 0 Å². The van der Waals surface area contributed by atoms with Crippen molar-refractivity contribution in [3.8, 4) is 0 Å². The molecular formula is C24H48INOS. The third kappa shape index (κ3) is 19.9. The minimum Gasteiger partial charge on any atom is -0.381 e. The predicted octanol–water partition coefficient (Wildman–Crippen LogP) is 8.75. The molecule has 0 aliphatic carbocycles. The zero-order valence-corrected chi connectivity index (χ0v) is 21.8. The highest BCUT2D eigenvalue weighted by atomic mass is 127. The molecule has 0 aromatic carbocycles. The van der Waals surface area contributed by atoms with Crippen molar-refractivity contribution in [1.29, 1.82) is 0 Å². The predicted molar refractivity (Wildman–Crippen MR) is 139 cm³/mol. The van der Waals surface area contributed by atoms with Gasteiger partial charge in [0.05, 0.1) is 5.88 Å². The molecule has 1 aliphatic rings. The summed E-state index contributed by atoms with van der Waals surface area (Å²) in [4.78, 5) is 2.36. The molecule has 168 valence electrons. The van der Waals surface area contributed by atoms with Gasteiger partial charge < -0.3 is 9.64 Å². The summed E-state index contributed by atoms with van der Waals surface area (Å²) in [5.74, 6) is 1.12. The topological polar surface area (TPSA) is 12.5 Å². The van der Waals surface area contributed by atoms with E-state index in [2.05, 4.69) is 23.4 Å². The van der Waals surface area contributed by atoms with Crippen LogP contribution in [0.4, 0.5) is 0 Å². The van der Waals surface area contributed by atoms with Crippen LogP contribution in [0.2, 0.25) is 0 Å². The number of unbranched alkanes of at least 4 members (excludes halogenated alkanes) is 15. The fraction of sp³-hybridized carbons (Fsp3) is 0.917. The minimum absolute atomic E-state index is 0. The molecule has 0 saturated heterocycles. The summed E-state index contributed by atoms with van der Waals surface area (Å²) < 4.78 is 5.76. The molecule has 0 aromatic rings. The second-order valence-electron chi connectivity index (χ2n) is 8.16. The zero-order valence-electron chi connectivity index (χ0n) is 18.7. The Morgan fingerprint density at radius 1 is 0.679 bits per heavy atom. The molecule has 0 bridgehead atoms. The van der Waals surface area contributed by atoms with E-state index in [-0.39, 0.29) is 24.0 Å². The van der Waals surface area contributed by atoms with E-state index >= 15 is 0 Å². The third-order valence-electron chi connectivity index (χ3n) is 5.48. The first-order valence-corrected chi connectivity index (χ1v) is 13.1. The lowest BCUT2D eigenvalue weighted by Crippen LogP contribution is -2.16. The summed E-state index contributed by atoms with van der Waals surface area (Å²) in [7, 11) is 0. The highest BCUT2D eigenvalue weighted by molar-refractivity contribution is 14.0. The summed E-state index contributed by atoms with van der Waals surface area (Å²) in [5.41, 5.74) is 0. The Balaban J connectivity index is 0.00000729. The largest absolute Gasteiger partial charge is 0.381 e. The molecule has 1 aliphatic heterocycles. The molecule has 0 radical (unpaired) electrons. The van der Waals surface area contributed by atoms with Crippen molar-refractivity contribution in [2.45, 2.75) is 116 Å². The van der Waals surface area contributed by atoms with Crippen molar-refractivity contribution < 1.29 is 4.74 Å². The van der Waals surface area contributed by atoms with Gasteiger partial charge in [-0.15, -0.1) is 35.7 Å². The fourth-order valence-electron chi connectivity index (χ4n) is 3.67. The van der Waals surface area contributed by atoms with Crippen molar-refractivity contribution in [2.24, 2.45) is 0 Å². The lowest BCUT2D eigenvalue weighted by atomic mass is 10.0. The normalized spacial score (nSPS) is 13.2. The molecule has 0 saturated carbocycles. The van der Waals surface area contributed by atoms with Crippen molar-refractivity contribution >= 4 is 35.7 Å². The van der Waals surface area contributed by atoms with E-state index in [1.54, 1.807) is 0 Å². The van der Waals surface area contributed by atoms with Crippen LogP contribution in [-0.2, 0) is 4.74 Å². The second kappa shape index (κ2) is 23.9. The highest BCUT2D eigenvalue weighted by Gasteiger charge is 2.03. The third-order valence-corrected chi connectivity index (χ3v) is 6.28. The molecule has 4 heteroatoms. The first kappa shape index (κ1) is 28.6. The van der Waals surface area contributed by atoms with Gasteiger partial charge in [-0.3, -0.25) is 0 Å². The van der Waals surface area contributed by atoms with E-state index in [4.69, 9.17) is 4.74 Å². The lowest BCUT2D eigenvalue weighted by Gasteiger charge is -2.13. The van der Waals surface area contributed by atoms with Crippen molar-refractivity contribution in [2.75, 3.05) is 25.6 Å². The fourth-order valence-corrected chi connectivity index (χ4v) is 4.42. The van der Waals surface area contributed by atoms with Gasteiger partial charge in [0.25, 0.3) is 0 Å². The maximum atomic E-state index is 5.76. The molecule has 2 nitrogen and oxygen atoms in total. The minimum atomic E-state index is 0. The quantitative estimate of drug-likeness (QED) is 0.110. The van der Waals surface area contributed by atoms with E-state index in [1.165, 1.54) is 103 Å². The summed E-state index contributed by atoms with van der Waals surface area (Å²) in [5, 5.41) is 2.18. The Hall–Kier alpha value is 0.580. The van der Waals surface area contributed by atoms with Crippen LogP contribution in [0.1, 0.15) is 116 Å². The van der Waals surface area contributed by atoms with E-state index in [9.17, 15) is 0 Å². The number of hydrogen-bond donors (Lipinski definition) is 0. The average Bonchev–Trinajstić information content (AvgIpc) is 3.20. The maximum absolute atomic E-state index is 5.76. The average molecular weight is 526 g/mol. The van der Waals surface area contributed by atoms with Gasteiger partial charge in [0.15, 0.2) is 0 Å². The SMILES string of the molecule is CCCCCCCCCCCCCCCCCCOCCCN1C=CSC1.I. The number of ether oxygens (including phenoxy) is 1. The van der Waals surface area contributed by atoms with Gasteiger partial charge in [0, 0.05) is 26.0 Å². The van der Waals surface area contributed by atoms with Crippen LogP contribution in [0.5, 0.6) is 0 Å². The Bertz CT molecular complexity index is 328. The summed E-state index contributed by atoms with van der Waals surface area (Å²) in [6.45, 7) is 5.32. The number of rotatable bonds is 21.